The molecule has 0 unspecified atom stereocenters. The van der Waals surface area contributed by atoms with Crippen molar-refractivity contribution >= 4 is 5.69 Å². The van der Waals surface area contributed by atoms with Crippen LogP contribution in [0.5, 0.6) is 0 Å². The molecule has 0 radical (unpaired) electrons. The maximum absolute atomic E-state index is 13.8. The minimum atomic E-state index is -0.753. The number of benzene rings is 1. The number of nitro groups is 1. The average Bonchev–Trinajstić information content (AvgIpc) is 2.46. The highest BCUT2D eigenvalue weighted by molar-refractivity contribution is 5.36. The lowest BCUT2D eigenvalue weighted by Crippen LogP contribution is -2.40. The van der Waals surface area contributed by atoms with Gasteiger partial charge in [-0.1, -0.05) is 12.1 Å². The first-order valence-corrected chi connectivity index (χ1v) is 6.61. The molecule has 1 aromatic carbocycles. The van der Waals surface area contributed by atoms with E-state index in [0.717, 1.165) is 32.8 Å². The highest BCUT2D eigenvalue weighted by Crippen LogP contribution is 2.19. The van der Waals surface area contributed by atoms with Crippen LogP contribution in [0, 0.1) is 15.9 Å². The van der Waals surface area contributed by atoms with Crippen LogP contribution in [-0.2, 0) is 11.3 Å². The molecule has 0 aliphatic carbocycles. The molecule has 1 aromatic rings. The quantitative estimate of drug-likeness (QED) is 0.482. The fourth-order valence-electron chi connectivity index (χ4n) is 2.13. The Labute approximate surface area is 116 Å². The lowest BCUT2D eigenvalue weighted by atomic mass is 10.2. The fourth-order valence-corrected chi connectivity index (χ4v) is 2.13. The molecular formula is C13H18FN3O3. The third-order valence-electron chi connectivity index (χ3n) is 3.28. The first-order valence-electron chi connectivity index (χ1n) is 6.61. The van der Waals surface area contributed by atoms with Gasteiger partial charge >= 0.3 is 5.69 Å². The molecule has 1 N–H and O–H groups in total. The van der Waals surface area contributed by atoms with Gasteiger partial charge in [0.05, 0.1) is 18.1 Å². The smallest absolute Gasteiger partial charge is 0.305 e. The predicted octanol–water partition coefficient (Wildman–Crippen LogP) is 1.16. The van der Waals surface area contributed by atoms with Crippen molar-refractivity contribution in [2.45, 2.75) is 6.54 Å². The van der Waals surface area contributed by atoms with Crippen molar-refractivity contribution < 1.29 is 14.1 Å². The van der Waals surface area contributed by atoms with E-state index in [-0.39, 0.29) is 6.54 Å². The molecule has 110 valence electrons. The second kappa shape index (κ2) is 7.28. The van der Waals surface area contributed by atoms with E-state index in [1.54, 1.807) is 6.07 Å². The Morgan fingerprint density at radius 2 is 2.15 bits per heavy atom. The van der Waals surface area contributed by atoms with Gasteiger partial charge in [0.2, 0.25) is 5.82 Å². The number of morpholine rings is 1. The molecule has 1 heterocycles. The Bertz CT molecular complexity index is 464. The molecule has 0 aromatic heterocycles. The van der Waals surface area contributed by atoms with Gasteiger partial charge in [0, 0.05) is 44.4 Å². The molecule has 20 heavy (non-hydrogen) atoms. The summed E-state index contributed by atoms with van der Waals surface area (Å²) >= 11 is 0. The van der Waals surface area contributed by atoms with Crippen molar-refractivity contribution in [2.24, 2.45) is 0 Å². The van der Waals surface area contributed by atoms with Crippen LogP contribution in [0.2, 0.25) is 0 Å². The van der Waals surface area contributed by atoms with Crippen LogP contribution >= 0.6 is 0 Å². The molecule has 0 bridgehead atoms. The molecule has 1 saturated heterocycles. The van der Waals surface area contributed by atoms with E-state index in [4.69, 9.17) is 4.74 Å². The van der Waals surface area contributed by atoms with E-state index in [1.165, 1.54) is 12.1 Å². The van der Waals surface area contributed by atoms with Gasteiger partial charge in [-0.15, -0.1) is 0 Å². The molecule has 0 saturated carbocycles. The number of nitro benzene ring substituents is 1. The number of halogens is 1. The van der Waals surface area contributed by atoms with Crippen molar-refractivity contribution in [3.63, 3.8) is 0 Å². The van der Waals surface area contributed by atoms with Crippen LogP contribution in [0.4, 0.5) is 10.1 Å². The third kappa shape index (κ3) is 3.96. The summed E-state index contributed by atoms with van der Waals surface area (Å²) in [6.07, 6.45) is 0. The van der Waals surface area contributed by atoms with Gasteiger partial charge in [0.1, 0.15) is 0 Å². The van der Waals surface area contributed by atoms with Gasteiger partial charge < -0.3 is 10.1 Å². The van der Waals surface area contributed by atoms with Crippen LogP contribution in [-0.4, -0.2) is 49.2 Å². The maximum Gasteiger partial charge on any atom is 0.305 e. The first-order chi connectivity index (χ1) is 9.68. The molecular weight excluding hydrogens is 265 g/mol. The van der Waals surface area contributed by atoms with Crippen molar-refractivity contribution in [1.82, 2.24) is 10.2 Å². The summed E-state index contributed by atoms with van der Waals surface area (Å²) in [6.45, 7) is 5.18. The molecule has 2 rings (SSSR count). The molecule has 1 fully saturated rings. The molecule has 6 nitrogen and oxygen atoms in total. The van der Waals surface area contributed by atoms with Gasteiger partial charge in [-0.3, -0.25) is 15.0 Å². The zero-order valence-corrected chi connectivity index (χ0v) is 11.2. The highest BCUT2D eigenvalue weighted by atomic mass is 19.1. The van der Waals surface area contributed by atoms with Crippen molar-refractivity contribution in [2.75, 3.05) is 39.4 Å². The van der Waals surface area contributed by atoms with Crippen LogP contribution in [0.25, 0.3) is 0 Å². The van der Waals surface area contributed by atoms with E-state index in [2.05, 4.69) is 10.2 Å². The summed E-state index contributed by atoms with van der Waals surface area (Å²) in [6, 6.07) is 4.23. The van der Waals surface area contributed by atoms with Crippen molar-refractivity contribution in [3.8, 4) is 0 Å². The number of nitrogens with zero attached hydrogens (tertiary/aromatic N) is 2. The number of hydrogen-bond donors (Lipinski definition) is 1. The fraction of sp³-hybridized carbons (Fsp3) is 0.538. The third-order valence-corrected chi connectivity index (χ3v) is 3.28. The Morgan fingerprint density at radius 3 is 2.85 bits per heavy atom. The lowest BCUT2D eigenvalue weighted by Gasteiger charge is -2.26. The van der Waals surface area contributed by atoms with Crippen LogP contribution in [0.3, 0.4) is 0 Å². The minimum Gasteiger partial charge on any atom is -0.379 e. The summed E-state index contributed by atoms with van der Waals surface area (Å²) in [5.41, 5.74) is -0.154. The van der Waals surface area contributed by atoms with Crippen molar-refractivity contribution in [3.05, 3.63) is 39.7 Å². The summed E-state index contributed by atoms with van der Waals surface area (Å²) in [4.78, 5) is 12.2. The highest BCUT2D eigenvalue weighted by Gasteiger charge is 2.16. The van der Waals surface area contributed by atoms with E-state index in [1.807, 2.05) is 0 Å². The SMILES string of the molecule is O=[N+]([O-])c1cccc(CNCCN2CCOCC2)c1F. The first kappa shape index (κ1) is 14.8. The number of nitrogens with one attached hydrogen (secondary N) is 1. The van der Waals surface area contributed by atoms with Gasteiger partial charge in [0.15, 0.2) is 0 Å². The predicted molar refractivity (Wildman–Crippen MR) is 72.0 cm³/mol. The summed E-state index contributed by atoms with van der Waals surface area (Å²) < 4.78 is 19.0. The monoisotopic (exact) mass is 283 g/mol. The normalized spacial score (nSPS) is 16.2. The van der Waals surface area contributed by atoms with Gasteiger partial charge in [-0.25, -0.2) is 0 Å². The van der Waals surface area contributed by atoms with Crippen molar-refractivity contribution in [1.29, 1.82) is 0 Å². The van der Waals surface area contributed by atoms with Crippen LogP contribution in [0.1, 0.15) is 5.56 Å². The molecule has 1 aliphatic heterocycles. The number of ether oxygens (including phenoxy) is 1. The molecule has 7 heteroatoms. The Hall–Kier alpha value is -1.57. The molecule has 1 aliphatic rings. The van der Waals surface area contributed by atoms with E-state index in [9.17, 15) is 14.5 Å². The summed E-state index contributed by atoms with van der Waals surface area (Å²) in [5.74, 6) is -0.753. The van der Waals surface area contributed by atoms with E-state index < -0.39 is 16.4 Å². The summed E-state index contributed by atoms with van der Waals surface area (Å²) in [7, 11) is 0. The van der Waals surface area contributed by atoms with Gasteiger partial charge in [-0.05, 0) is 0 Å². The molecule has 0 atom stereocenters. The van der Waals surface area contributed by atoms with Gasteiger partial charge in [0.25, 0.3) is 0 Å². The average molecular weight is 283 g/mol. The largest absolute Gasteiger partial charge is 0.379 e. The zero-order chi connectivity index (χ0) is 14.4. The minimum absolute atomic E-state index is 0.290. The standard InChI is InChI=1S/C13H18FN3O3/c14-13-11(2-1-3-12(13)17(18)19)10-15-4-5-16-6-8-20-9-7-16/h1-3,15H,4-10H2. The summed E-state index contributed by atoms with van der Waals surface area (Å²) in [5, 5.41) is 13.7. The van der Waals surface area contributed by atoms with Crippen LogP contribution < -0.4 is 5.32 Å². The Balaban J connectivity index is 1.79. The Morgan fingerprint density at radius 1 is 1.40 bits per heavy atom. The second-order valence-corrected chi connectivity index (χ2v) is 4.64. The number of hydrogen-bond acceptors (Lipinski definition) is 5. The van der Waals surface area contributed by atoms with Gasteiger partial charge in [-0.2, -0.15) is 4.39 Å². The maximum atomic E-state index is 13.8. The zero-order valence-electron chi connectivity index (χ0n) is 11.2. The second-order valence-electron chi connectivity index (χ2n) is 4.64. The Kier molecular flexibility index (Phi) is 5.40. The van der Waals surface area contributed by atoms with E-state index in [0.29, 0.717) is 12.1 Å². The lowest BCUT2D eigenvalue weighted by molar-refractivity contribution is -0.387. The van der Waals surface area contributed by atoms with Crippen LogP contribution in [0.15, 0.2) is 18.2 Å². The van der Waals surface area contributed by atoms with E-state index >= 15 is 0 Å². The number of rotatable bonds is 6. The topological polar surface area (TPSA) is 67.6 Å². The molecule has 0 spiro atoms. The molecule has 0 amide bonds.